The lowest BCUT2D eigenvalue weighted by Crippen LogP contribution is -2.47. The number of benzene rings is 1. The summed E-state index contributed by atoms with van der Waals surface area (Å²) in [5.74, 6) is 0.388. The van der Waals surface area contributed by atoms with E-state index in [9.17, 15) is 9.90 Å². The Morgan fingerprint density at radius 1 is 1.33 bits per heavy atom. The number of rotatable bonds is 5. The summed E-state index contributed by atoms with van der Waals surface area (Å²) in [7, 11) is 3.42. The summed E-state index contributed by atoms with van der Waals surface area (Å²) in [5, 5.41) is 15.9. The van der Waals surface area contributed by atoms with Gasteiger partial charge in [-0.15, -0.1) is 0 Å². The number of hydrogen-bond acceptors (Lipinski definition) is 4. The van der Waals surface area contributed by atoms with Crippen LogP contribution in [0.1, 0.15) is 38.5 Å². The molecule has 0 bridgehead atoms. The SMILES string of the molecule is CNC1(CC(=O)Nc2ccc(OC)c(O)c2)CCCCC1. The van der Waals surface area contributed by atoms with Crippen LogP contribution >= 0.6 is 0 Å². The van der Waals surface area contributed by atoms with Crippen LogP contribution in [0, 0.1) is 0 Å². The van der Waals surface area contributed by atoms with Gasteiger partial charge in [-0.1, -0.05) is 19.3 Å². The van der Waals surface area contributed by atoms with Crippen molar-refractivity contribution in [2.75, 3.05) is 19.5 Å². The third-order valence-corrected chi connectivity index (χ3v) is 4.30. The summed E-state index contributed by atoms with van der Waals surface area (Å²) in [5.41, 5.74) is 0.497. The highest BCUT2D eigenvalue weighted by atomic mass is 16.5. The van der Waals surface area contributed by atoms with Crippen LogP contribution in [0.4, 0.5) is 5.69 Å². The second-order valence-corrected chi connectivity index (χ2v) is 5.70. The minimum Gasteiger partial charge on any atom is -0.504 e. The first-order valence-corrected chi connectivity index (χ1v) is 7.44. The second kappa shape index (κ2) is 6.80. The van der Waals surface area contributed by atoms with Crippen LogP contribution in [0.2, 0.25) is 0 Å². The number of ether oxygens (including phenoxy) is 1. The lowest BCUT2D eigenvalue weighted by atomic mass is 9.79. The zero-order chi connectivity index (χ0) is 15.3. The fourth-order valence-corrected chi connectivity index (χ4v) is 3.02. The predicted octanol–water partition coefficient (Wildman–Crippen LogP) is 2.65. The highest BCUT2D eigenvalue weighted by Gasteiger charge is 2.32. The standard InChI is InChI=1S/C16H24N2O3/c1-17-16(8-4-3-5-9-16)11-15(20)18-12-6-7-14(21-2)13(19)10-12/h6-7,10,17,19H,3-5,8-9,11H2,1-2H3,(H,18,20). The molecule has 0 unspecified atom stereocenters. The van der Waals surface area contributed by atoms with Crippen LogP contribution in [0.25, 0.3) is 0 Å². The van der Waals surface area contributed by atoms with E-state index in [1.54, 1.807) is 12.1 Å². The molecule has 1 saturated carbocycles. The van der Waals surface area contributed by atoms with Crippen LogP contribution in [-0.2, 0) is 4.79 Å². The number of phenolic OH excluding ortho intramolecular Hbond substituents is 1. The van der Waals surface area contributed by atoms with Crippen molar-refractivity contribution in [2.24, 2.45) is 0 Å². The Morgan fingerprint density at radius 3 is 2.62 bits per heavy atom. The predicted molar refractivity (Wildman–Crippen MR) is 82.8 cm³/mol. The van der Waals surface area contributed by atoms with Crippen LogP contribution in [0.5, 0.6) is 11.5 Å². The Morgan fingerprint density at radius 2 is 2.05 bits per heavy atom. The van der Waals surface area contributed by atoms with Crippen molar-refractivity contribution >= 4 is 11.6 Å². The smallest absolute Gasteiger partial charge is 0.226 e. The summed E-state index contributed by atoms with van der Waals surface area (Å²) in [6, 6.07) is 4.87. The first-order valence-electron chi connectivity index (χ1n) is 7.44. The molecule has 1 aliphatic rings. The first kappa shape index (κ1) is 15.6. The quantitative estimate of drug-likeness (QED) is 0.780. The molecule has 2 rings (SSSR count). The van der Waals surface area contributed by atoms with Gasteiger partial charge in [-0.25, -0.2) is 0 Å². The van der Waals surface area contributed by atoms with Gasteiger partial charge in [-0.3, -0.25) is 4.79 Å². The average Bonchev–Trinajstić information content (AvgIpc) is 2.48. The maximum atomic E-state index is 12.2. The summed E-state index contributed by atoms with van der Waals surface area (Å²) in [4.78, 5) is 12.2. The molecule has 0 aromatic heterocycles. The Balaban J connectivity index is 1.99. The van der Waals surface area contributed by atoms with Crippen molar-refractivity contribution < 1.29 is 14.6 Å². The van der Waals surface area contributed by atoms with Gasteiger partial charge in [-0.2, -0.15) is 0 Å². The highest BCUT2D eigenvalue weighted by Crippen LogP contribution is 2.32. The molecule has 0 saturated heterocycles. The van der Waals surface area contributed by atoms with Crippen LogP contribution in [0.3, 0.4) is 0 Å². The van der Waals surface area contributed by atoms with Crippen LogP contribution in [-0.4, -0.2) is 30.7 Å². The zero-order valence-electron chi connectivity index (χ0n) is 12.7. The molecular weight excluding hydrogens is 268 g/mol. The molecule has 5 heteroatoms. The molecule has 116 valence electrons. The number of nitrogens with one attached hydrogen (secondary N) is 2. The topological polar surface area (TPSA) is 70.6 Å². The lowest BCUT2D eigenvalue weighted by molar-refractivity contribution is -0.117. The van der Waals surface area contributed by atoms with Crippen molar-refractivity contribution in [3.63, 3.8) is 0 Å². The summed E-state index contributed by atoms with van der Waals surface area (Å²) >= 11 is 0. The second-order valence-electron chi connectivity index (χ2n) is 5.70. The number of anilines is 1. The number of hydrogen-bond donors (Lipinski definition) is 3. The van der Waals surface area contributed by atoms with E-state index >= 15 is 0 Å². The van der Waals surface area contributed by atoms with Crippen molar-refractivity contribution in [2.45, 2.75) is 44.1 Å². The fraction of sp³-hybridized carbons (Fsp3) is 0.562. The molecule has 1 aromatic rings. The number of aromatic hydroxyl groups is 1. The summed E-state index contributed by atoms with van der Waals surface area (Å²) in [6.07, 6.45) is 6.10. The third-order valence-electron chi connectivity index (χ3n) is 4.30. The van der Waals surface area contributed by atoms with Gasteiger partial charge in [0.15, 0.2) is 11.5 Å². The van der Waals surface area contributed by atoms with Gasteiger partial charge in [0.2, 0.25) is 5.91 Å². The first-order chi connectivity index (χ1) is 10.1. The van der Waals surface area contributed by atoms with Crippen molar-refractivity contribution in [3.8, 4) is 11.5 Å². The van der Waals surface area contributed by atoms with Crippen molar-refractivity contribution in [1.29, 1.82) is 0 Å². The van der Waals surface area contributed by atoms with E-state index < -0.39 is 0 Å². The fourth-order valence-electron chi connectivity index (χ4n) is 3.02. The van der Waals surface area contributed by atoms with E-state index in [0.29, 0.717) is 17.9 Å². The van der Waals surface area contributed by atoms with Crippen molar-refractivity contribution in [3.05, 3.63) is 18.2 Å². The number of amides is 1. The summed E-state index contributed by atoms with van der Waals surface area (Å²) < 4.78 is 4.99. The van der Waals surface area contributed by atoms with Gasteiger partial charge in [0.25, 0.3) is 0 Å². The Labute approximate surface area is 125 Å². The molecule has 1 aromatic carbocycles. The van der Waals surface area contributed by atoms with Crippen LogP contribution < -0.4 is 15.4 Å². The van der Waals surface area contributed by atoms with E-state index in [1.165, 1.54) is 19.6 Å². The van der Waals surface area contributed by atoms with E-state index in [1.807, 2.05) is 7.05 Å². The average molecular weight is 292 g/mol. The van der Waals surface area contributed by atoms with Gasteiger partial charge >= 0.3 is 0 Å². The maximum Gasteiger partial charge on any atom is 0.226 e. The molecular formula is C16H24N2O3. The van der Waals surface area contributed by atoms with Gasteiger partial charge in [-0.05, 0) is 32.0 Å². The Kier molecular flexibility index (Phi) is 5.07. The van der Waals surface area contributed by atoms with Gasteiger partial charge in [0.05, 0.1) is 7.11 Å². The number of methoxy groups -OCH3 is 1. The number of carbonyl (C=O) groups is 1. The molecule has 0 aliphatic heterocycles. The molecule has 1 fully saturated rings. The van der Waals surface area contributed by atoms with Crippen LogP contribution in [0.15, 0.2) is 18.2 Å². The number of carbonyl (C=O) groups excluding carboxylic acids is 1. The zero-order valence-corrected chi connectivity index (χ0v) is 12.7. The Hall–Kier alpha value is -1.75. The van der Waals surface area contributed by atoms with Gasteiger partial charge in [0, 0.05) is 23.7 Å². The van der Waals surface area contributed by atoms with Crippen molar-refractivity contribution in [1.82, 2.24) is 5.32 Å². The van der Waals surface area contributed by atoms with E-state index in [2.05, 4.69) is 10.6 Å². The number of phenols is 1. The molecule has 1 amide bonds. The molecule has 0 heterocycles. The molecule has 5 nitrogen and oxygen atoms in total. The summed E-state index contributed by atoms with van der Waals surface area (Å²) in [6.45, 7) is 0. The van der Waals surface area contributed by atoms with Gasteiger partial charge in [0.1, 0.15) is 0 Å². The molecule has 21 heavy (non-hydrogen) atoms. The minimum atomic E-state index is -0.0865. The molecule has 0 atom stereocenters. The molecule has 3 N–H and O–H groups in total. The van der Waals surface area contributed by atoms with E-state index in [4.69, 9.17) is 4.74 Å². The van der Waals surface area contributed by atoms with E-state index in [0.717, 1.165) is 25.7 Å². The maximum absolute atomic E-state index is 12.2. The lowest BCUT2D eigenvalue weighted by Gasteiger charge is -2.36. The molecule has 0 radical (unpaired) electrons. The van der Waals surface area contributed by atoms with E-state index in [-0.39, 0.29) is 17.2 Å². The molecule has 1 aliphatic carbocycles. The highest BCUT2D eigenvalue weighted by molar-refractivity contribution is 5.91. The molecule has 0 spiro atoms. The normalized spacial score (nSPS) is 17.2. The largest absolute Gasteiger partial charge is 0.504 e. The third kappa shape index (κ3) is 3.88. The Bertz CT molecular complexity index is 496. The monoisotopic (exact) mass is 292 g/mol. The van der Waals surface area contributed by atoms with Gasteiger partial charge < -0.3 is 20.5 Å². The minimum absolute atomic E-state index is 0.0243.